The summed E-state index contributed by atoms with van der Waals surface area (Å²) >= 11 is 0. The number of hydrogen-bond donors (Lipinski definition) is 1. The van der Waals surface area contributed by atoms with Gasteiger partial charge < -0.3 is 5.32 Å². The van der Waals surface area contributed by atoms with Crippen molar-refractivity contribution in [2.75, 3.05) is 5.32 Å². The molecular formula is C14H13N3. The van der Waals surface area contributed by atoms with Crippen molar-refractivity contribution in [2.45, 2.75) is 0 Å². The summed E-state index contributed by atoms with van der Waals surface area (Å²) in [5.41, 5.74) is 5.37. The molecule has 0 unspecified atom stereocenters. The first-order valence-corrected chi connectivity index (χ1v) is 5.50. The van der Waals surface area contributed by atoms with Crippen LogP contribution in [0.5, 0.6) is 0 Å². The predicted molar refractivity (Wildman–Crippen MR) is 70.3 cm³/mol. The number of aryl methyl sites for hydroxylation is 1. The highest BCUT2D eigenvalue weighted by molar-refractivity contribution is 5.98. The lowest BCUT2D eigenvalue weighted by Gasteiger charge is -2.20. The van der Waals surface area contributed by atoms with Crippen LogP contribution in [0.25, 0.3) is 11.6 Å². The zero-order valence-electron chi connectivity index (χ0n) is 9.64. The fourth-order valence-corrected chi connectivity index (χ4v) is 2.03. The Labute approximate surface area is 100 Å². The van der Waals surface area contributed by atoms with E-state index in [2.05, 4.69) is 35.2 Å². The average molecular weight is 223 g/mol. The molecule has 0 saturated carbocycles. The molecule has 1 aliphatic heterocycles. The largest absolute Gasteiger partial charge is 0.355 e. The second kappa shape index (κ2) is 3.63. The molecule has 3 nitrogen and oxygen atoms in total. The molecule has 0 amide bonds. The third kappa shape index (κ3) is 1.65. The zero-order valence-corrected chi connectivity index (χ0v) is 9.64. The highest BCUT2D eigenvalue weighted by Crippen LogP contribution is 2.33. The Morgan fingerprint density at radius 2 is 2.12 bits per heavy atom. The SMILES string of the molecule is C=C1Nc2ccccc2C=C1c1cnn(C)c1. The molecule has 0 saturated heterocycles. The number of aromatic nitrogens is 2. The van der Waals surface area contributed by atoms with Crippen LogP contribution in [-0.4, -0.2) is 9.78 Å². The number of benzene rings is 1. The van der Waals surface area contributed by atoms with Crippen molar-refractivity contribution < 1.29 is 0 Å². The number of nitrogens with one attached hydrogen (secondary N) is 1. The second-order valence-corrected chi connectivity index (χ2v) is 4.15. The fraction of sp³-hybridized carbons (Fsp3) is 0.0714. The summed E-state index contributed by atoms with van der Waals surface area (Å²) in [4.78, 5) is 0. The molecule has 3 rings (SSSR count). The molecular weight excluding hydrogens is 210 g/mol. The fourth-order valence-electron chi connectivity index (χ4n) is 2.03. The molecule has 0 spiro atoms. The Morgan fingerprint density at radius 1 is 1.29 bits per heavy atom. The predicted octanol–water partition coefficient (Wildman–Crippen LogP) is 2.90. The molecule has 2 aromatic rings. The van der Waals surface area contributed by atoms with Gasteiger partial charge in [-0.15, -0.1) is 0 Å². The van der Waals surface area contributed by atoms with E-state index in [0.29, 0.717) is 0 Å². The van der Waals surface area contributed by atoms with Gasteiger partial charge in [0.05, 0.1) is 6.20 Å². The summed E-state index contributed by atoms with van der Waals surface area (Å²) in [6.07, 6.45) is 5.99. The lowest BCUT2D eigenvalue weighted by Crippen LogP contribution is -2.06. The van der Waals surface area contributed by atoms with Gasteiger partial charge in [0.1, 0.15) is 0 Å². The zero-order chi connectivity index (χ0) is 11.8. The molecule has 0 atom stereocenters. The number of allylic oxidation sites excluding steroid dienone is 1. The van der Waals surface area contributed by atoms with Crippen LogP contribution in [-0.2, 0) is 7.05 Å². The van der Waals surface area contributed by atoms with E-state index in [9.17, 15) is 0 Å². The minimum absolute atomic E-state index is 0.914. The molecule has 0 bridgehead atoms. The molecule has 3 heteroatoms. The van der Waals surface area contributed by atoms with Gasteiger partial charge in [-0.3, -0.25) is 4.68 Å². The maximum Gasteiger partial charge on any atom is 0.0568 e. The van der Waals surface area contributed by atoms with Gasteiger partial charge in [-0.05, 0) is 17.7 Å². The van der Waals surface area contributed by atoms with Gasteiger partial charge in [0.15, 0.2) is 0 Å². The van der Waals surface area contributed by atoms with Gasteiger partial charge in [0, 0.05) is 35.8 Å². The molecule has 84 valence electrons. The van der Waals surface area contributed by atoms with Crippen molar-refractivity contribution in [1.82, 2.24) is 9.78 Å². The minimum atomic E-state index is 0.914. The molecule has 2 heterocycles. The van der Waals surface area contributed by atoms with E-state index in [0.717, 1.165) is 22.5 Å². The molecule has 0 aliphatic carbocycles. The lowest BCUT2D eigenvalue weighted by molar-refractivity contribution is 0.767. The highest BCUT2D eigenvalue weighted by atomic mass is 15.2. The maximum atomic E-state index is 4.19. The van der Waals surface area contributed by atoms with E-state index in [1.165, 1.54) is 5.56 Å². The summed E-state index contributed by atoms with van der Waals surface area (Å²) in [6.45, 7) is 4.06. The van der Waals surface area contributed by atoms with Crippen LogP contribution < -0.4 is 5.32 Å². The van der Waals surface area contributed by atoms with Crippen LogP contribution in [0.15, 0.2) is 48.9 Å². The number of fused-ring (bicyclic) bond motifs is 1. The quantitative estimate of drug-likeness (QED) is 0.805. The number of hydrogen-bond acceptors (Lipinski definition) is 2. The topological polar surface area (TPSA) is 29.9 Å². The summed E-state index contributed by atoms with van der Waals surface area (Å²) in [5, 5.41) is 7.51. The Hall–Kier alpha value is -2.29. The summed E-state index contributed by atoms with van der Waals surface area (Å²) in [6, 6.07) is 8.19. The number of anilines is 1. The third-order valence-electron chi connectivity index (χ3n) is 2.89. The number of nitrogens with zero attached hydrogens (tertiary/aromatic N) is 2. The highest BCUT2D eigenvalue weighted by Gasteiger charge is 2.15. The summed E-state index contributed by atoms with van der Waals surface area (Å²) in [5.74, 6) is 0. The van der Waals surface area contributed by atoms with Gasteiger partial charge >= 0.3 is 0 Å². The van der Waals surface area contributed by atoms with Crippen molar-refractivity contribution >= 4 is 17.3 Å². The van der Waals surface area contributed by atoms with Gasteiger partial charge in [0.25, 0.3) is 0 Å². The van der Waals surface area contributed by atoms with E-state index >= 15 is 0 Å². The average Bonchev–Trinajstić information content (AvgIpc) is 2.75. The van der Waals surface area contributed by atoms with E-state index in [1.807, 2.05) is 31.6 Å². The molecule has 1 N–H and O–H groups in total. The monoisotopic (exact) mass is 223 g/mol. The Kier molecular flexibility index (Phi) is 2.11. The van der Waals surface area contributed by atoms with Crippen LogP contribution in [0.1, 0.15) is 11.1 Å². The van der Waals surface area contributed by atoms with Crippen molar-refractivity contribution in [2.24, 2.45) is 7.05 Å². The smallest absolute Gasteiger partial charge is 0.0568 e. The van der Waals surface area contributed by atoms with Crippen LogP contribution in [0, 0.1) is 0 Å². The molecule has 17 heavy (non-hydrogen) atoms. The summed E-state index contributed by atoms with van der Waals surface area (Å²) in [7, 11) is 1.91. The minimum Gasteiger partial charge on any atom is -0.355 e. The van der Waals surface area contributed by atoms with E-state index < -0.39 is 0 Å². The van der Waals surface area contributed by atoms with Gasteiger partial charge in [-0.25, -0.2) is 0 Å². The number of para-hydroxylation sites is 1. The van der Waals surface area contributed by atoms with E-state index in [-0.39, 0.29) is 0 Å². The Bertz CT molecular complexity index is 620. The van der Waals surface area contributed by atoms with Crippen LogP contribution in [0.4, 0.5) is 5.69 Å². The Balaban J connectivity index is 2.12. The van der Waals surface area contributed by atoms with Crippen LogP contribution in [0.2, 0.25) is 0 Å². The Morgan fingerprint density at radius 3 is 2.88 bits per heavy atom. The van der Waals surface area contributed by atoms with Crippen LogP contribution in [0.3, 0.4) is 0 Å². The maximum absolute atomic E-state index is 4.19. The molecule has 1 aliphatic rings. The van der Waals surface area contributed by atoms with Crippen LogP contribution >= 0.6 is 0 Å². The number of rotatable bonds is 1. The van der Waals surface area contributed by atoms with Gasteiger partial charge in [-0.1, -0.05) is 24.8 Å². The van der Waals surface area contributed by atoms with E-state index in [4.69, 9.17) is 0 Å². The van der Waals surface area contributed by atoms with Crippen molar-refractivity contribution in [3.63, 3.8) is 0 Å². The van der Waals surface area contributed by atoms with Gasteiger partial charge in [-0.2, -0.15) is 5.10 Å². The van der Waals surface area contributed by atoms with E-state index in [1.54, 1.807) is 4.68 Å². The first-order chi connectivity index (χ1) is 8.24. The van der Waals surface area contributed by atoms with Crippen molar-refractivity contribution in [1.29, 1.82) is 0 Å². The standard InChI is InChI=1S/C14H13N3/c1-10-13(12-8-15-17(2)9-12)7-11-5-3-4-6-14(11)16-10/h3-9,16H,1H2,2H3. The lowest BCUT2D eigenvalue weighted by atomic mass is 9.98. The first kappa shape index (κ1) is 9.90. The second-order valence-electron chi connectivity index (χ2n) is 4.15. The first-order valence-electron chi connectivity index (χ1n) is 5.50. The molecule has 0 radical (unpaired) electrons. The normalized spacial score (nSPS) is 13.9. The van der Waals surface area contributed by atoms with Crippen molar-refractivity contribution in [3.8, 4) is 0 Å². The van der Waals surface area contributed by atoms with Crippen molar-refractivity contribution in [3.05, 3.63) is 60.1 Å². The molecule has 0 fully saturated rings. The van der Waals surface area contributed by atoms with Gasteiger partial charge in [0.2, 0.25) is 0 Å². The summed E-state index contributed by atoms with van der Waals surface area (Å²) < 4.78 is 1.80. The molecule has 1 aromatic heterocycles. The molecule has 1 aromatic carbocycles. The third-order valence-corrected chi connectivity index (χ3v) is 2.89.